The summed E-state index contributed by atoms with van der Waals surface area (Å²) in [6.45, 7) is 5.02. The predicted octanol–water partition coefficient (Wildman–Crippen LogP) is 4.74. The molecule has 1 aliphatic rings. The van der Waals surface area contributed by atoms with Crippen LogP contribution in [0.1, 0.15) is 51.1 Å². The molecule has 1 heterocycles. The van der Waals surface area contributed by atoms with Crippen molar-refractivity contribution in [1.29, 1.82) is 0 Å². The maximum atomic E-state index is 11.6. The van der Waals surface area contributed by atoms with Crippen LogP contribution in [0.15, 0.2) is 42.6 Å². The van der Waals surface area contributed by atoms with Crippen molar-refractivity contribution >= 4 is 11.9 Å². The number of hydrogen-bond acceptors (Lipinski definition) is 6. The van der Waals surface area contributed by atoms with E-state index in [1.54, 1.807) is 0 Å². The molecule has 1 aliphatic carbocycles. The van der Waals surface area contributed by atoms with Crippen LogP contribution >= 0.6 is 0 Å². The standard InChI is InChI=1S/C26H29N3O4/c1-17-11-18(2)13-22(12-17)32-10-9-27-26-28-15-23(25(30)31)24(29-26)16-33-21-8-7-19-5-3-4-6-20(19)14-21/h7-8,11-15H,3-6,9-10,16H2,1-2H3,(H,30,31)(H,27,28,29). The average Bonchev–Trinajstić information content (AvgIpc) is 2.79. The molecule has 2 aromatic carbocycles. The highest BCUT2D eigenvalue weighted by Crippen LogP contribution is 2.26. The van der Waals surface area contributed by atoms with Crippen molar-refractivity contribution in [2.45, 2.75) is 46.1 Å². The molecule has 172 valence electrons. The Morgan fingerprint density at radius 1 is 1.00 bits per heavy atom. The fourth-order valence-corrected chi connectivity index (χ4v) is 4.09. The highest BCUT2D eigenvalue weighted by Gasteiger charge is 2.15. The summed E-state index contributed by atoms with van der Waals surface area (Å²) in [5, 5.41) is 12.6. The molecule has 0 bridgehead atoms. The number of carboxylic acids is 1. The zero-order chi connectivity index (χ0) is 23.2. The predicted molar refractivity (Wildman–Crippen MR) is 126 cm³/mol. The summed E-state index contributed by atoms with van der Waals surface area (Å²) >= 11 is 0. The second-order valence-electron chi connectivity index (χ2n) is 8.38. The molecule has 0 amide bonds. The summed E-state index contributed by atoms with van der Waals surface area (Å²) in [4.78, 5) is 20.1. The Morgan fingerprint density at radius 3 is 2.52 bits per heavy atom. The Labute approximate surface area is 193 Å². The highest BCUT2D eigenvalue weighted by molar-refractivity contribution is 5.88. The van der Waals surface area contributed by atoms with Crippen molar-refractivity contribution < 1.29 is 19.4 Å². The molecule has 4 rings (SSSR count). The van der Waals surface area contributed by atoms with Crippen molar-refractivity contribution in [3.63, 3.8) is 0 Å². The van der Waals surface area contributed by atoms with Gasteiger partial charge in [0.15, 0.2) is 0 Å². The first-order valence-corrected chi connectivity index (χ1v) is 11.3. The number of anilines is 1. The lowest BCUT2D eigenvalue weighted by Gasteiger charge is -2.17. The first-order valence-electron chi connectivity index (χ1n) is 11.3. The van der Waals surface area contributed by atoms with Gasteiger partial charge in [-0.3, -0.25) is 0 Å². The molecule has 2 N–H and O–H groups in total. The number of aryl methyl sites for hydroxylation is 4. The van der Waals surface area contributed by atoms with Gasteiger partial charge in [0.2, 0.25) is 5.95 Å². The van der Waals surface area contributed by atoms with Gasteiger partial charge in [-0.1, -0.05) is 12.1 Å². The minimum Gasteiger partial charge on any atom is -0.492 e. The highest BCUT2D eigenvalue weighted by atomic mass is 16.5. The Kier molecular flexibility index (Phi) is 7.07. The molecule has 7 heteroatoms. The van der Waals surface area contributed by atoms with E-state index < -0.39 is 5.97 Å². The Balaban J connectivity index is 1.37. The number of aromatic carboxylic acids is 1. The quantitative estimate of drug-likeness (QED) is 0.458. The van der Waals surface area contributed by atoms with E-state index >= 15 is 0 Å². The molecule has 0 saturated heterocycles. The number of benzene rings is 2. The third kappa shape index (κ3) is 6.00. The zero-order valence-corrected chi connectivity index (χ0v) is 19.1. The van der Waals surface area contributed by atoms with Crippen LogP contribution in [0.3, 0.4) is 0 Å². The fraction of sp³-hybridized carbons (Fsp3) is 0.346. The van der Waals surface area contributed by atoms with Crippen LogP contribution in [0.2, 0.25) is 0 Å². The van der Waals surface area contributed by atoms with E-state index in [1.807, 2.05) is 32.0 Å². The van der Waals surface area contributed by atoms with Gasteiger partial charge in [-0.25, -0.2) is 14.8 Å². The number of carbonyl (C=O) groups is 1. The van der Waals surface area contributed by atoms with E-state index in [0.717, 1.165) is 35.5 Å². The van der Waals surface area contributed by atoms with Crippen LogP contribution in [-0.2, 0) is 19.4 Å². The number of carboxylic acid groups (broad SMARTS) is 1. The molecule has 0 spiro atoms. The van der Waals surface area contributed by atoms with Gasteiger partial charge in [-0.15, -0.1) is 0 Å². The molecule has 0 aliphatic heterocycles. The van der Waals surface area contributed by atoms with Gasteiger partial charge in [0.25, 0.3) is 0 Å². The average molecular weight is 448 g/mol. The SMILES string of the molecule is Cc1cc(C)cc(OCCNc2ncc(C(=O)O)c(COc3ccc4c(c3)CCCC4)n2)c1. The smallest absolute Gasteiger partial charge is 0.339 e. The van der Waals surface area contributed by atoms with Crippen LogP contribution in [0, 0.1) is 13.8 Å². The molecule has 7 nitrogen and oxygen atoms in total. The number of aromatic nitrogens is 2. The normalized spacial score (nSPS) is 12.7. The lowest BCUT2D eigenvalue weighted by atomic mass is 9.92. The molecule has 0 saturated carbocycles. The molecule has 0 unspecified atom stereocenters. The van der Waals surface area contributed by atoms with Crippen molar-refractivity contribution in [2.75, 3.05) is 18.5 Å². The van der Waals surface area contributed by atoms with E-state index in [2.05, 4.69) is 33.5 Å². The Bertz CT molecular complexity index is 1130. The van der Waals surface area contributed by atoms with E-state index in [-0.39, 0.29) is 12.2 Å². The summed E-state index contributed by atoms with van der Waals surface area (Å²) in [6, 6.07) is 12.2. The maximum absolute atomic E-state index is 11.6. The van der Waals surface area contributed by atoms with E-state index in [4.69, 9.17) is 9.47 Å². The van der Waals surface area contributed by atoms with Crippen LogP contribution < -0.4 is 14.8 Å². The molecule has 3 aromatic rings. The molecular formula is C26H29N3O4. The van der Waals surface area contributed by atoms with Gasteiger partial charge in [0.05, 0.1) is 12.2 Å². The molecule has 33 heavy (non-hydrogen) atoms. The molecular weight excluding hydrogens is 418 g/mol. The monoisotopic (exact) mass is 447 g/mol. The van der Waals surface area contributed by atoms with Gasteiger partial charge in [-0.2, -0.15) is 0 Å². The van der Waals surface area contributed by atoms with Crippen LogP contribution in [0.25, 0.3) is 0 Å². The van der Waals surface area contributed by atoms with Crippen molar-refractivity contribution in [1.82, 2.24) is 9.97 Å². The van der Waals surface area contributed by atoms with Gasteiger partial charge < -0.3 is 19.9 Å². The van der Waals surface area contributed by atoms with Gasteiger partial charge in [0, 0.05) is 6.20 Å². The lowest BCUT2D eigenvalue weighted by Crippen LogP contribution is -2.16. The minimum atomic E-state index is -1.08. The summed E-state index contributed by atoms with van der Waals surface area (Å²) in [5.74, 6) is 0.800. The third-order valence-electron chi connectivity index (χ3n) is 5.64. The molecule has 0 atom stereocenters. The number of nitrogens with zero attached hydrogens (tertiary/aromatic N) is 2. The second-order valence-corrected chi connectivity index (χ2v) is 8.38. The van der Waals surface area contributed by atoms with E-state index in [0.29, 0.717) is 24.8 Å². The van der Waals surface area contributed by atoms with Gasteiger partial charge in [0.1, 0.15) is 30.3 Å². The Morgan fingerprint density at radius 2 is 1.76 bits per heavy atom. The van der Waals surface area contributed by atoms with Crippen LogP contribution in [-0.4, -0.2) is 34.2 Å². The first kappa shape index (κ1) is 22.6. The number of hydrogen-bond donors (Lipinski definition) is 2. The fourth-order valence-electron chi connectivity index (χ4n) is 4.09. The first-order chi connectivity index (χ1) is 16.0. The topological polar surface area (TPSA) is 93.6 Å². The van der Waals surface area contributed by atoms with E-state index in [9.17, 15) is 9.90 Å². The minimum absolute atomic E-state index is 0.0324. The largest absolute Gasteiger partial charge is 0.492 e. The van der Waals surface area contributed by atoms with Gasteiger partial charge >= 0.3 is 5.97 Å². The summed E-state index contributed by atoms with van der Waals surface area (Å²) in [6.07, 6.45) is 5.88. The van der Waals surface area contributed by atoms with Crippen molar-refractivity contribution in [3.8, 4) is 11.5 Å². The van der Waals surface area contributed by atoms with Crippen LogP contribution in [0.5, 0.6) is 11.5 Å². The lowest BCUT2D eigenvalue weighted by molar-refractivity contribution is 0.0692. The van der Waals surface area contributed by atoms with Crippen molar-refractivity contribution in [3.05, 3.63) is 76.1 Å². The van der Waals surface area contributed by atoms with E-state index in [1.165, 1.54) is 30.2 Å². The number of fused-ring (bicyclic) bond motifs is 1. The third-order valence-corrected chi connectivity index (χ3v) is 5.64. The number of nitrogens with one attached hydrogen (secondary N) is 1. The Hall–Kier alpha value is -3.61. The van der Waals surface area contributed by atoms with Crippen LogP contribution in [0.4, 0.5) is 5.95 Å². The van der Waals surface area contributed by atoms with Gasteiger partial charge in [-0.05, 0) is 86.1 Å². The summed E-state index contributed by atoms with van der Waals surface area (Å²) in [7, 11) is 0. The second kappa shape index (κ2) is 10.3. The summed E-state index contributed by atoms with van der Waals surface area (Å²) in [5.41, 5.74) is 5.34. The molecule has 0 radical (unpaired) electrons. The number of rotatable bonds is 9. The summed E-state index contributed by atoms with van der Waals surface area (Å²) < 4.78 is 11.7. The van der Waals surface area contributed by atoms with Crippen molar-refractivity contribution in [2.24, 2.45) is 0 Å². The number of ether oxygens (including phenoxy) is 2. The maximum Gasteiger partial charge on any atom is 0.339 e. The zero-order valence-electron chi connectivity index (χ0n) is 19.1. The molecule has 0 fully saturated rings. The molecule has 1 aromatic heterocycles.